The highest BCUT2D eigenvalue weighted by molar-refractivity contribution is 6.31. The SMILES string of the molecule is CCCc1cn(C)cc(-c2ccc(Cl)c(C(F)(F)F)c2)c1=O. The van der Waals surface area contributed by atoms with Crippen LogP contribution in [0.2, 0.25) is 5.02 Å². The summed E-state index contributed by atoms with van der Waals surface area (Å²) in [7, 11) is 1.74. The third kappa shape index (κ3) is 3.35. The molecule has 0 fully saturated rings. The molecule has 22 heavy (non-hydrogen) atoms. The molecule has 0 aliphatic heterocycles. The molecule has 1 aromatic carbocycles. The van der Waals surface area contributed by atoms with Gasteiger partial charge in [0.25, 0.3) is 0 Å². The van der Waals surface area contributed by atoms with Crippen LogP contribution in [0.3, 0.4) is 0 Å². The zero-order valence-electron chi connectivity index (χ0n) is 12.2. The number of halogens is 4. The number of aromatic nitrogens is 1. The fourth-order valence-corrected chi connectivity index (χ4v) is 2.56. The Kier molecular flexibility index (Phi) is 4.66. The van der Waals surface area contributed by atoms with Gasteiger partial charge < -0.3 is 4.57 Å². The number of rotatable bonds is 3. The van der Waals surface area contributed by atoms with E-state index in [0.717, 1.165) is 12.5 Å². The Labute approximate surface area is 131 Å². The Bertz CT molecular complexity index is 750. The van der Waals surface area contributed by atoms with Crippen LogP contribution in [0.1, 0.15) is 24.5 Å². The number of alkyl halides is 3. The number of pyridine rings is 1. The maximum Gasteiger partial charge on any atom is 0.417 e. The Morgan fingerprint density at radius 3 is 2.50 bits per heavy atom. The van der Waals surface area contributed by atoms with Crippen molar-refractivity contribution in [1.82, 2.24) is 4.57 Å². The van der Waals surface area contributed by atoms with Gasteiger partial charge in [0.1, 0.15) is 0 Å². The van der Waals surface area contributed by atoms with Crippen LogP contribution in [-0.4, -0.2) is 4.57 Å². The van der Waals surface area contributed by atoms with E-state index in [1.165, 1.54) is 18.3 Å². The smallest absolute Gasteiger partial charge is 0.356 e. The highest BCUT2D eigenvalue weighted by atomic mass is 35.5. The van der Waals surface area contributed by atoms with E-state index in [4.69, 9.17) is 11.6 Å². The topological polar surface area (TPSA) is 22.0 Å². The van der Waals surface area contributed by atoms with Crippen LogP contribution >= 0.6 is 11.6 Å². The Hall–Kier alpha value is -1.75. The summed E-state index contributed by atoms with van der Waals surface area (Å²) in [6.45, 7) is 1.94. The molecule has 0 saturated carbocycles. The molecule has 0 saturated heterocycles. The number of aryl methyl sites for hydroxylation is 2. The van der Waals surface area contributed by atoms with E-state index in [0.29, 0.717) is 12.0 Å². The van der Waals surface area contributed by atoms with Crippen LogP contribution in [0.5, 0.6) is 0 Å². The molecule has 0 radical (unpaired) electrons. The summed E-state index contributed by atoms with van der Waals surface area (Å²) in [5, 5.41) is -0.377. The fraction of sp³-hybridized carbons (Fsp3) is 0.312. The van der Waals surface area contributed by atoms with Gasteiger partial charge in [-0.1, -0.05) is 31.0 Å². The average Bonchev–Trinajstić information content (AvgIpc) is 2.42. The Morgan fingerprint density at radius 1 is 1.23 bits per heavy atom. The van der Waals surface area contributed by atoms with Gasteiger partial charge in [-0.3, -0.25) is 4.79 Å². The van der Waals surface area contributed by atoms with Crippen molar-refractivity contribution in [3.63, 3.8) is 0 Å². The number of benzene rings is 1. The quantitative estimate of drug-likeness (QED) is 0.801. The lowest BCUT2D eigenvalue weighted by molar-refractivity contribution is -0.137. The number of hydrogen-bond donors (Lipinski definition) is 0. The Morgan fingerprint density at radius 2 is 1.91 bits per heavy atom. The minimum atomic E-state index is -4.56. The minimum absolute atomic E-state index is 0.218. The summed E-state index contributed by atoms with van der Waals surface area (Å²) in [6, 6.07) is 3.53. The normalized spacial score (nSPS) is 11.7. The number of nitrogens with zero attached hydrogens (tertiary/aromatic N) is 1. The first kappa shape index (κ1) is 16.6. The third-order valence-electron chi connectivity index (χ3n) is 3.33. The lowest BCUT2D eigenvalue weighted by Gasteiger charge is -2.12. The van der Waals surface area contributed by atoms with E-state index in [2.05, 4.69) is 0 Å². The van der Waals surface area contributed by atoms with Gasteiger partial charge >= 0.3 is 6.18 Å². The van der Waals surface area contributed by atoms with E-state index < -0.39 is 11.7 Å². The highest BCUT2D eigenvalue weighted by Crippen LogP contribution is 2.36. The monoisotopic (exact) mass is 329 g/mol. The molecular formula is C16H15ClF3NO. The van der Waals surface area contributed by atoms with Crippen LogP contribution in [0.4, 0.5) is 13.2 Å². The molecule has 2 rings (SSSR count). The molecule has 0 aliphatic carbocycles. The van der Waals surface area contributed by atoms with Gasteiger partial charge in [-0.15, -0.1) is 0 Å². The largest absolute Gasteiger partial charge is 0.417 e. The van der Waals surface area contributed by atoms with Gasteiger partial charge in [0.15, 0.2) is 5.43 Å². The first-order valence-corrected chi connectivity index (χ1v) is 7.18. The van der Waals surface area contributed by atoms with Gasteiger partial charge in [-0.25, -0.2) is 0 Å². The standard InChI is InChI=1S/C16H15ClF3NO/c1-3-4-11-8-21(2)9-12(15(11)22)10-5-6-14(17)13(7-10)16(18,19)20/h5-9H,3-4H2,1-2H3. The van der Waals surface area contributed by atoms with E-state index in [1.54, 1.807) is 17.8 Å². The van der Waals surface area contributed by atoms with Crippen molar-refractivity contribution in [3.8, 4) is 11.1 Å². The van der Waals surface area contributed by atoms with Crippen molar-refractivity contribution in [2.24, 2.45) is 7.05 Å². The third-order valence-corrected chi connectivity index (χ3v) is 3.66. The molecule has 2 nitrogen and oxygen atoms in total. The molecule has 1 heterocycles. The molecule has 0 amide bonds. The fourth-order valence-electron chi connectivity index (χ4n) is 2.34. The van der Waals surface area contributed by atoms with Crippen molar-refractivity contribution in [2.45, 2.75) is 25.9 Å². The molecule has 0 spiro atoms. The second kappa shape index (κ2) is 6.16. The van der Waals surface area contributed by atoms with Gasteiger partial charge in [0.05, 0.1) is 10.6 Å². The van der Waals surface area contributed by atoms with E-state index in [9.17, 15) is 18.0 Å². The average molecular weight is 330 g/mol. The van der Waals surface area contributed by atoms with Crippen LogP contribution in [0.15, 0.2) is 35.4 Å². The molecule has 1 aromatic heterocycles. The molecule has 118 valence electrons. The van der Waals surface area contributed by atoms with Crippen LogP contribution in [0, 0.1) is 0 Å². The molecule has 0 aliphatic rings. The van der Waals surface area contributed by atoms with Gasteiger partial charge in [-0.2, -0.15) is 13.2 Å². The molecule has 6 heteroatoms. The van der Waals surface area contributed by atoms with E-state index in [1.807, 2.05) is 6.92 Å². The van der Waals surface area contributed by atoms with Crippen molar-refractivity contribution in [2.75, 3.05) is 0 Å². The summed E-state index contributed by atoms with van der Waals surface area (Å²) in [6.07, 6.45) is 0.0491. The molecule has 2 aromatic rings. The maximum atomic E-state index is 13.0. The summed E-state index contributed by atoms with van der Waals surface area (Å²) in [5.74, 6) is 0. The van der Waals surface area contributed by atoms with Crippen LogP contribution < -0.4 is 5.43 Å². The van der Waals surface area contributed by atoms with Crippen molar-refractivity contribution in [1.29, 1.82) is 0 Å². The minimum Gasteiger partial charge on any atom is -0.356 e. The van der Waals surface area contributed by atoms with Gasteiger partial charge in [-0.05, 0) is 24.1 Å². The Balaban J connectivity index is 2.65. The predicted octanol–water partition coefficient (Wildman–Crippen LogP) is 4.68. The highest BCUT2D eigenvalue weighted by Gasteiger charge is 2.33. The van der Waals surface area contributed by atoms with Crippen LogP contribution in [-0.2, 0) is 19.6 Å². The summed E-state index contributed by atoms with van der Waals surface area (Å²) in [5.41, 5.74) is -0.123. The summed E-state index contributed by atoms with van der Waals surface area (Å²) >= 11 is 5.62. The van der Waals surface area contributed by atoms with Crippen molar-refractivity contribution >= 4 is 11.6 Å². The van der Waals surface area contributed by atoms with Crippen molar-refractivity contribution < 1.29 is 13.2 Å². The second-order valence-corrected chi connectivity index (χ2v) is 5.54. The number of hydrogen-bond acceptors (Lipinski definition) is 1. The molecule has 0 bridgehead atoms. The van der Waals surface area contributed by atoms with Crippen LogP contribution in [0.25, 0.3) is 11.1 Å². The molecule has 0 unspecified atom stereocenters. The molecule has 0 atom stereocenters. The molecule has 0 N–H and O–H groups in total. The zero-order valence-corrected chi connectivity index (χ0v) is 12.9. The van der Waals surface area contributed by atoms with Crippen molar-refractivity contribution in [3.05, 3.63) is 57.0 Å². The van der Waals surface area contributed by atoms with Gasteiger partial charge in [0.2, 0.25) is 0 Å². The first-order chi connectivity index (χ1) is 10.2. The van der Waals surface area contributed by atoms with E-state index >= 15 is 0 Å². The summed E-state index contributed by atoms with van der Waals surface area (Å²) in [4.78, 5) is 12.4. The lowest BCUT2D eigenvalue weighted by Crippen LogP contribution is -2.15. The first-order valence-electron chi connectivity index (χ1n) is 6.80. The zero-order chi connectivity index (χ0) is 16.5. The second-order valence-electron chi connectivity index (χ2n) is 5.13. The summed E-state index contributed by atoms with van der Waals surface area (Å²) < 4.78 is 40.6. The van der Waals surface area contributed by atoms with Gasteiger partial charge in [0, 0.05) is 30.6 Å². The van der Waals surface area contributed by atoms with E-state index in [-0.39, 0.29) is 21.6 Å². The molecular weight excluding hydrogens is 315 g/mol. The lowest BCUT2D eigenvalue weighted by atomic mass is 10.0. The maximum absolute atomic E-state index is 13.0. The predicted molar refractivity (Wildman–Crippen MR) is 81.1 cm³/mol.